The van der Waals surface area contributed by atoms with Crippen molar-refractivity contribution in [2.45, 2.75) is 56.9 Å². The second-order valence-corrected chi connectivity index (χ2v) is 8.93. The van der Waals surface area contributed by atoms with Crippen molar-refractivity contribution in [3.8, 4) is 0 Å². The van der Waals surface area contributed by atoms with Gasteiger partial charge in [0.2, 0.25) is 15.9 Å². The lowest BCUT2D eigenvalue weighted by Crippen LogP contribution is -2.26. The standard InChI is InChI=1S/C19H30N2O4S/c1-15(2)14-25-13-3-12-20-19(22)11-6-16-4-9-18(10-5-16)26(23,24)21-17-7-8-17/h4-5,9-10,15,17,21H,3,6-8,11-14H2,1-2H3,(H,20,22). The van der Waals surface area contributed by atoms with Crippen LogP contribution < -0.4 is 10.0 Å². The highest BCUT2D eigenvalue weighted by Crippen LogP contribution is 2.22. The van der Waals surface area contributed by atoms with E-state index < -0.39 is 10.0 Å². The third kappa shape index (κ3) is 7.85. The van der Waals surface area contributed by atoms with Gasteiger partial charge in [0.25, 0.3) is 0 Å². The van der Waals surface area contributed by atoms with Crippen LogP contribution in [-0.4, -0.2) is 40.1 Å². The van der Waals surface area contributed by atoms with Gasteiger partial charge in [0.1, 0.15) is 0 Å². The number of aryl methyl sites for hydroxylation is 1. The molecule has 2 rings (SSSR count). The maximum atomic E-state index is 12.1. The highest BCUT2D eigenvalue weighted by atomic mass is 32.2. The first kappa shape index (κ1) is 20.9. The van der Waals surface area contributed by atoms with E-state index in [1.54, 1.807) is 24.3 Å². The number of nitrogens with one attached hydrogen (secondary N) is 2. The zero-order chi connectivity index (χ0) is 19.0. The van der Waals surface area contributed by atoms with Crippen LogP contribution in [0.4, 0.5) is 0 Å². The molecule has 1 saturated carbocycles. The van der Waals surface area contributed by atoms with Gasteiger partial charge in [-0.05, 0) is 49.3 Å². The molecule has 0 spiro atoms. The summed E-state index contributed by atoms with van der Waals surface area (Å²) in [4.78, 5) is 12.1. The van der Waals surface area contributed by atoms with Gasteiger partial charge in [0, 0.05) is 32.2 Å². The number of hydrogen-bond donors (Lipinski definition) is 2. The Hall–Kier alpha value is -1.44. The van der Waals surface area contributed by atoms with Crippen molar-refractivity contribution in [1.82, 2.24) is 10.0 Å². The average Bonchev–Trinajstić information content (AvgIpc) is 3.39. The molecular weight excluding hydrogens is 352 g/mol. The SMILES string of the molecule is CC(C)COCCCNC(=O)CCc1ccc(S(=O)(=O)NC2CC2)cc1. The molecule has 0 aliphatic heterocycles. The zero-order valence-electron chi connectivity index (χ0n) is 15.7. The average molecular weight is 383 g/mol. The highest BCUT2D eigenvalue weighted by Gasteiger charge is 2.27. The fourth-order valence-electron chi connectivity index (χ4n) is 2.39. The van der Waals surface area contributed by atoms with Gasteiger partial charge in [0.15, 0.2) is 0 Å². The van der Waals surface area contributed by atoms with Gasteiger partial charge in [0.05, 0.1) is 4.90 Å². The van der Waals surface area contributed by atoms with E-state index in [2.05, 4.69) is 23.9 Å². The Labute approximate surface area is 156 Å². The van der Waals surface area contributed by atoms with Crippen molar-refractivity contribution in [2.75, 3.05) is 19.8 Å². The van der Waals surface area contributed by atoms with Crippen molar-refractivity contribution in [2.24, 2.45) is 5.92 Å². The summed E-state index contributed by atoms with van der Waals surface area (Å²) < 4.78 is 32.3. The lowest BCUT2D eigenvalue weighted by atomic mass is 10.1. The first-order chi connectivity index (χ1) is 12.4. The van der Waals surface area contributed by atoms with Crippen LogP contribution in [0.5, 0.6) is 0 Å². The van der Waals surface area contributed by atoms with Gasteiger partial charge >= 0.3 is 0 Å². The molecule has 1 aromatic rings. The normalized spacial score (nSPS) is 14.6. The minimum absolute atomic E-state index is 0.000887. The van der Waals surface area contributed by atoms with Gasteiger partial charge in [-0.1, -0.05) is 26.0 Å². The van der Waals surface area contributed by atoms with Crippen LogP contribution in [0.2, 0.25) is 0 Å². The maximum Gasteiger partial charge on any atom is 0.240 e. The molecule has 6 nitrogen and oxygen atoms in total. The Balaban J connectivity index is 1.65. The Bertz CT molecular complexity index is 667. The van der Waals surface area contributed by atoms with Crippen LogP contribution in [0.25, 0.3) is 0 Å². The van der Waals surface area contributed by atoms with Crippen LogP contribution in [0.1, 0.15) is 45.1 Å². The van der Waals surface area contributed by atoms with Crippen molar-refractivity contribution in [3.63, 3.8) is 0 Å². The van der Waals surface area contributed by atoms with Crippen LogP contribution >= 0.6 is 0 Å². The molecule has 1 aliphatic carbocycles. The number of sulfonamides is 1. The molecule has 7 heteroatoms. The molecule has 1 aromatic carbocycles. The van der Waals surface area contributed by atoms with E-state index >= 15 is 0 Å². The topological polar surface area (TPSA) is 84.5 Å². The number of rotatable bonds is 12. The molecule has 1 fully saturated rings. The van der Waals surface area contributed by atoms with E-state index in [4.69, 9.17) is 4.74 Å². The highest BCUT2D eigenvalue weighted by molar-refractivity contribution is 7.89. The molecule has 0 atom stereocenters. The van der Waals surface area contributed by atoms with Gasteiger partial charge in [-0.15, -0.1) is 0 Å². The number of carbonyl (C=O) groups is 1. The summed E-state index contributed by atoms with van der Waals surface area (Å²) in [5, 5.41) is 2.88. The summed E-state index contributed by atoms with van der Waals surface area (Å²) in [5.41, 5.74) is 0.950. The number of ether oxygens (including phenoxy) is 1. The molecule has 2 N–H and O–H groups in total. The van der Waals surface area contributed by atoms with Crippen molar-refractivity contribution < 1.29 is 17.9 Å². The quantitative estimate of drug-likeness (QED) is 0.543. The second-order valence-electron chi connectivity index (χ2n) is 7.21. The molecule has 0 saturated heterocycles. The number of benzene rings is 1. The molecule has 0 heterocycles. The maximum absolute atomic E-state index is 12.1. The van der Waals surface area contributed by atoms with Crippen LogP contribution in [-0.2, 0) is 26.0 Å². The molecular formula is C19H30N2O4S. The summed E-state index contributed by atoms with van der Waals surface area (Å²) in [5.74, 6) is 0.524. The lowest BCUT2D eigenvalue weighted by Gasteiger charge is -2.08. The fourth-order valence-corrected chi connectivity index (χ4v) is 3.70. The first-order valence-corrected chi connectivity index (χ1v) is 10.8. The number of carbonyl (C=O) groups excluding carboxylic acids is 1. The third-order valence-electron chi connectivity index (χ3n) is 4.01. The second kappa shape index (κ2) is 10.0. The summed E-state index contributed by atoms with van der Waals surface area (Å²) in [6, 6.07) is 6.84. The zero-order valence-corrected chi connectivity index (χ0v) is 16.5. The molecule has 0 aromatic heterocycles. The van der Waals surface area contributed by atoms with Crippen LogP contribution in [0.3, 0.4) is 0 Å². The van der Waals surface area contributed by atoms with Gasteiger partial charge < -0.3 is 10.1 Å². The van der Waals surface area contributed by atoms with Gasteiger partial charge in [-0.3, -0.25) is 4.79 Å². The summed E-state index contributed by atoms with van der Waals surface area (Å²) in [6.07, 6.45) is 3.61. The molecule has 146 valence electrons. The number of hydrogen-bond acceptors (Lipinski definition) is 4. The Morgan fingerprint density at radius 1 is 1.23 bits per heavy atom. The third-order valence-corrected chi connectivity index (χ3v) is 5.55. The van der Waals surface area contributed by atoms with Crippen molar-refractivity contribution in [3.05, 3.63) is 29.8 Å². The minimum atomic E-state index is -3.41. The Kier molecular flexibility index (Phi) is 8.06. The lowest BCUT2D eigenvalue weighted by molar-refractivity contribution is -0.121. The Morgan fingerprint density at radius 2 is 1.92 bits per heavy atom. The molecule has 0 bridgehead atoms. The van der Waals surface area contributed by atoms with Gasteiger partial charge in [-0.25, -0.2) is 13.1 Å². The van der Waals surface area contributed by atoms with Crippen LogP contribution in [0.15, 0.2) is 29.2 Å². The first-order valence-electron chi connectivity index (χ1n) is 9.32. The van der Waals surface area contributed by atoms with Crippen LogP contribution in [0, 0.1) is 5.92 Å². The minimum Gasteiger partial charge on any atom is -0.381 e. The predicted molar refractivity (Wildman–Crippen MR) is 101 cm³/mol. The molecule has 1 amide bonds. The molecule has 1 aliphatic rings. The predicted octanol–water partition coefficient (Wildman–Crippen LogP) is 2.24. The monoisotopic (exact) mass is 382 g/mol. The van der Waals surface area contributed by atoms with E-state index in [1.807, 2.05) is 0 Å². The Morgan fingerprint density at radius 3 is 2.54 bits per heavy atom. The van der Waals surface area contributed by atoms with Crippen molar-refractivity contribution >= 4 is 15.9 Å². The van der Waals surface area contributed by atoms with E-state index in [9.17, 15) is 13.2 Å². The van der Waals surface area contributed by atoms with E-state index in [1.165, 1.54) is 0 Å². The number of amides is 1. The smallest absolute Gasteiger partial charge is 0.240 e. The van der Waals surface area contributed by atoms with Gasteiger partial charge in [-0.2, -0.15) is 0 Å². The van der Waals surface area contributed by atoms with Crippen molar-refractivity contribution in [1.29, 1.82) is 0 Å². The molecule has 26 heavy (non-hydrogen) atoms. The molecule has 0 radical (unpaired) electrons. The summed E-state index contributed by atoms with van der Waals surface area (Å²) >= 11 is 0. The fraction of sp³-hybridized carbons (Fsp3) is 0.632. The summed E-state index contributed by atoms with van der Waals surface area (Å²) in [6.45, 7) is 6.22. The van der Waals surface area contributed by atoms with E-state index in [-0.39, 0.29) is 16.8 Å². The van der Waals surface area contributed by atoms with E-state index in [0.717, 1.165) is 31.4 Å². The summed E-state index contributed by atoms with van der Waals surface area (Å²) in [7, 11) is -3.41. The van der Waals surface area contributed by atoms with E-state index in [0.29, 0.717) is 31.9 Å². The largest absolute Gasteiger partial charge is 0.381 e. The molecule has 0 unspecified atom stereocenters.